The first-order valence-electron chi connectivity index (χ1n) is 7.19. The molecule has 0 radical (unpaired) electrons. The summed E-state index contributed by atoms with van der Waals surface area (Å²) in [4.78, 5) is 6.66. The van der Waals surface area contributed by atoms with E-state index in [1.54, 1.807) is 0 Å². The maximum Gasteiger partial charge on any atom is 0.0629 e. The van der Waals surface area contributed by atoms with Gasteiger partial charge in [0.1, 0.15) is 0 Å². The molecule has 3 nitrogen and oxygen atoms in total. The molecule has 1 fully saturated rings. The molecule has 3 heteroatoms. The third-order valence-electron chi connectivity index (χ3n) is 3.78. The van der Waals surface area contributed by atoms with Crippen LogP contribution in [0.15, 0.2) is 18.3 Å². The van der Waals surface area contributed by atoms with Gasteiger partial charge in [-0.25, -0.2) is 0 Å². The molecule has 1 aromatic rings. The van der Waals surface area contributed by atoms with Crippen molar-refractivity contribution < 1.29 is 4.74 Å². The highest BCUT2D eigenvalue weighted by Crippen LogP contribution is 2.29. The summed E-state index contributed by atoms with van der Waals surface area (Å²) in [6.07, 6.45) is 4.24. The second kappa shape index (κ2) is 6.02. The molecule has 1 aromatic heterocycles. The van der Waals surface area contributed by atoms with Gasteiger partial charge >= 0.3 is 0 Å². The van der Waals surface area contributed by atoms with Crippen LogP contribution in [0.4, 0.5) is 0 Å². The van der Waals surface area contributed by atoms with E-state index in [-0.39, 0.29) is 5.60 Å². The standard InChI is InChI=1S/C16H26N2O/c1-13-9-14(5-7-17-13)11-18(4)12-15-6-8-19-16(2,3)10-15/h5,7,9,15H,6,8,10-12H2,1-4H3/t15-/m0/s1. The number of nitrogens with zero attached hydrogens (tertiary/aromatic N) is 2. The monoisotopic (exact) mass is 262 g/mol. The highest BCUT2D eigenvalue weighted by Gasteiger charge is 2.29. The van der Waals surface area contributed by atoms with Gasteiger partial charge in [0.05, 0.1) is 5.60 Å². The lowest BCUT2D eigenvalue weighted by atomic mass is 9.88. The number of rotatable bonds is 4. The molecule has 0 bridgehead atoms. The summed E-state index contributed by atoms with van der Waals surface area (Å²) < 4.78 is 5.78. The van der Waals surface area contributed by atoms with Crippen LogP contribution in [0, 0.1) is 12.8 Å². The summed E-state index contributed by atoms with van der Waals surface area (Å²) in [5.74, 6) is 0.747. The summed E-state index contributed by atoms with van der Waals surface area (Å²) >= 11 is 0. The summed E-state index contributed by atoms with van der Waals surface area (Å²) in [6, 6.07) is 4.28. The molecular formula is C16H26N2O. The maximum atomic E-state index is 5.78. The normalized spacial score (nSPS) is 22.7. The average molecular weight is 262 g/mol. The molecule has 19 heavy (non-hydrogen) atoms. The van der Waals surface area contributed by atoms with Crippen molar-refractivity contribution in [2.75, 3.05) is 20.2 Å². The van der Waals surface area contributed by atoms with Crippen molar-refractivity contribution in [3.8, 4) is 0 Å². The smallest absolute Gasteiger partial charge is 0.0629 e. The van der Waals surface area contributed by atoms with Crippen LogP contribution in [-0.4, -0.2) is 35.7 Å². The number of hydrogen-bond donors (Lipinski definition) is 0. The SMILES string of the molecule is Cc1cc(CN(C)C[C@H]2CCOC(C)(C)C2)ccn1. The van der Waals surface area contributed by atoms with Crippen LogP contribution in [0.3, 0.4) is 0 Å². The first kappa shape index (κ1) is 14.5. The molecule has 2 heterocycles. The van der Waals surface area contributed by atoms with Gasteiger partial charge in [-0.3, -0.25) is 4.98 Å². The van der Waals surface area contributed by atoms with Crippen LogP contribution in [0.2, 0.25) is 0 Å². The zero-order chi connectivity index (χ0) is 13.9. The molecule has 2 rings (SSSR count). The van der Waals surface area contributed by atoms with E-state index in [1.165, 1.54) is 12.0 Å². The highest BCUT2D eigenvalue weighted by atomic mass is 16.5. The van der Waals surface area contributed by atoms with Crippen molar-refractivity contribution in [1.29, 1.82) is 0 Å². The van der Waals surface area contributed by atoms with Crippen LogP contribution in [0.1, 0.15) is 37.9 Å². The topological polar surface area (TPSA) is 25.4 Å². The molecule has 0 unspecified atom stereocenters. The molecule has 0 N–H and O–H groups in total. The molecule has 0 aromatic carbocycles. The Labute approximate surface area is 117 Å². The minimum atomic E-state index is 0.0526. The van der Waals surface area contributed by atoms with E-state index in [9.17, 15) is 0 Å². The molecule has 1 aliphatic heterocycles. The third-order valence-corrected chi connectivity index (χ3v) is 3.78. The van der Waals surface area contributed by atoms with Gasteiger partial charge in [0.15, 0.2) is 0 Å². The summed E-state index contributed by atoms with van der Waals surface area (Å²) in [7, 11) is 2.21. The van der Waals surface area contributed by atoms with Gasteiger partial charge in [0.2, 0.25) is 0 Å². The predicted molar refractivity (Wildman–Crippen MR) is 78.1 cm³/mol. The largest absolute Gasteiger partial charge is 0.376 e. The molecule has 0 saturated carbocycles. The lowest BCUT2D eigenvalue weighted by Gasteiger charge is -2.37. The van der Waals surface area contributed by atoms with E-state index in [2.05, 4.69) is 42.9 Å². The third kappa shape index (κ3) is 4.59. The second-order valence-corrected chi connectivity index (χ2v) is 6.47. The van der Waals surface area contributed by atoms with Gasteiger partial charge in [-0.05, 0) is 64.3 Å². The van der Waals surface area contributed by atoms with E-state index in [0.717, 1.165) is 37.7 Å². The zero-order valence-electron chi connectivity index (χ0n) is 12.6. The molecule has 1 atom stereocenters. The van der Waals surface area contributed by atoms with E-state index < -0.39 is 0 Å². The van der Waals surface area contributed by atoms with Crippen LogP contribution >= 0.6 is 0 Å². The molecule has 0 amide bonds. The van der Waals surface area contributed by atoms with Gasteiger partial charge < -0.3 is 9.64 Å². The Hall–Kier alpha value is -0.930. The Morgan fingerprint density at radius 2 is 2.26 bits per heavy atom. The molecule has 1 saturated heterocycles. The average Bonchev–Trinajstić information content (AvgIpc) is 2.27. The first-order chi connectivity index (χ1) is 8.94. The van der Waals surface area contributed by atoms with Gasteiger partial charge in [-0.1, -0.05) is 0 Å². The van der Waals surface area contributed by atoms with Crippen molar-refractivity contribution >= 4 is 0 Å². The molecule has 106 valence electrons. The molecule has 1 aliphatic rings. The quantitative estimate of drug-likeness (QED) is 0.834. The van der Waals surface area contributed by atoms with Gasteiger partial charge in [0.25, 0.3) is 0 Å². The minimum Gasteiger partial charge on any atom is -0.376 e. The summed E-state index contributed by atoms with van der Waals surface area (Å²) in [5, 5.41) is 0. The predicted octanol–water partition coefficient (Wildman–Crippen LogP) is 3.03. The van der Waals surface area contributed by atoms with Crippen molar-refractivity contribution in [2.24, 2.45) is 5.92 Å². The Kier molecular flexibility index (Phi) is 4.58. The Morgan fingerprint density at radius 3 is 2.95 bits per heavy atom. The Bertz CT molecular complexity index is 417. The van der Waals surface area contributed by atoms with Crippen LogP contribution in [-0.2, 0) is 11.3 Å². The maximum absolute atomic E-state index is 5.78. The van der Waals surface area contributed by atoms with E-state index in [0.29, 0.717) is 0 Å². The second-order valence-electron chi connectivity index (χ2n) is 6.47. The van der Waals surface area contributed by atoms with Crippen LogP contribution in [0.25, 0.3) is 0 Å². The Balaban J connectivity index is 1.85. The van der Waals surface area contributed by atoms with Crippen molar-refractivity contribution in [3.63, 3.8) is 0 Å². The van der Waals surface area contributed by atoms with E-state index in [1.807, 2.05) is 13.1 Å². The van der Waals surface area contributed by atoms with Gasteiger partial charge in [0, 0.05) is 31.6 Å². The molecular weight excluding hydrogens is 236 g/mol. The number of aromatic nitrogens is 1. The first-order valence-corrected chi connectivity index (χ1v) is 7.19. The fourth-order valence-corrected chi connectivity index (χ4v) is 3.03. The van der Waals surface area contributed by atoms with E-state index in [4.69, 9.17) is 4.74 Å². The summed E-state index contributed by atoms with van der Waals surface area (Å²) in [6.45, 7) is 9.50. The number of pyridine rings is 1. The number of aryl methyl sites for hydroxylation is 1. The summed E-state index contributed by atoms with van der Waals surface area (Å²) in [5.41, 5.74) is 2.50. The lowest BCUT2D eigenvalue weighted by Crippen LogP contribution is -2.38. The van der Waals surface area contributed by atoms with E-state index >= 15 is 0 Å². The van der Waals surface area contributed by atoms with Crippen LogP contribution in [0.5, 0.6) is 0 Å². The van der Waals surface area contributed by atoms with Crippen LogP contribution < -0.4 is 0 Å². The lowest BCUT2D eigenvalue weighted by molar-refractivity contribution is -0.0761. The fraction of sp³-hybridized carbons (Fsp3) is 0.688. The zero-order valence-corrected chi connectivity index (χ0v) is 12.6. The fourth-order valence-electron chi connectivity index (χ4n) is 3.03. The number of hydrogen-bond acceptors (Lipinski definition) is 3. The highest BCUT2D eigenvalue weighted by molar-refractivity contribution is 5.15. The molecule has 0 spiro atoms. The minimum absolute atomic E-state index is 0.0526. The van der Waals surface area contributed by atoms with Gasteiger partial charge in [-0.2, -0.15) is 0 Å². The number of ether oxygens (including phenoxy) is 1. The molecule has 0 aliphatic carbocycles. The Morgan fingerprint density at radius 1 is 1.47 bits per heavy atom. The van der Waals surface area contributed by atoms with Crippen molar-refractivity contribution in [1.82, 2.24) is 9.88 Å². The van der Waals surface area contributed by atoms with Crippen molar-refractivity contribution in [3.05, 3.63) is 29.6 Å². The van der Waals surface area contributed by atoms with Gasteiger partial charge in [-0.15, -0.1) is 0 Å². The van der Waals surface area contributed by atoms with Crippen molar-refractivity contribution in [2.45, 2.75) is 45.8 Å².